The fraction of sp³-hybridized carbons (Fsp3) is 0.226. The summed E-state index contributed by atoms with van der Waals surface area (Å²) in [7, 11) is 3.14. The highest BCUT2D eigenvalue weighted by Crippen LogP contribution is 2.28. The summed E-state index contributed by atoms with van der Waals surface area (Å²) in [5, 5.41) is 18.5. The van der Waals surface area contributed by atoms with Crippen LogP contribution in [0.2, 0.25) is 5.02 Å². The lowest BCUT2D eigenvalue weighted by molar-refractivity contribution is 0.104. The van der Waals surface area contributed by atoms with Crippen LogP contribution in [0.5, 0.6) is 17.2 Å². The van der Waals surface area contributed by atoms with Crippen LogP contribution in [0.15, 0.2) is 79.0 Å². The Morgan fingerprint density at radius 1 is 1.00 bits per heavy atom. The van der Waals surface area contributed by atoms with Crippen LogP contribution in [-0.2, 0) is 0 Å². The third kappa shape index (κ3) is 7.95. The number of pyridine rings is 1. The van der Waals surface area contributed by atoms with Crippen molar-refractivity contribution in [3.63, 3.8) is 0 Å². The molecule has 0 aliphatic carbocycles. The van der Waals surface area contributed by atoms with Gasteiger partial charge in [-0.1, -0.05) is 23.7 Å². The van der Waals surface area contributed by atoms with Crippen molar-refractivity contribution in [2.45, 2.75) is 6.10 Å². The summed E-state index contributed by atoms with van der Waals surface area (Å²) in [4.78, 5) is 16.9. The van der Waals surface area contributed by atoms with Crippen molar-refractivity contribution in [2.24, 2.45) is 0 Å². The molecule has 4 rings (SSSR count). The first-order valence-electron chi connectivity index (χ1n) is 12.8. The number of aliphatic hydroxyl groups is 1. The number of aromatic nitrogens is 1. The minimum atomic E-state index is -0.686. The Kier molecular flexibility index (Phi) is 10.3. The molecule has 8 nitrogen and oxygen atoms in total. The Labute approximate surface area is 238 Å². The summed E-state index contributed by atoms with van der Waals surface area (Å²) in [6.07, 6.45) is 4.29. The van der Waals surface area contributed by atoms with Crippen molar-refractivity contribution in [2.75, 3.05) is 45.8 Å². The van der Waals surface area contributed by atoms with Gasteiger partial charge >= 0.3 is 0 Å². The second-order valence-corrected chi connectivity index (χ2v) is 9.39. The fourth-order valence-electron chi connectivity index (χ4n) is 4.02. The number of methoxy groups -OCH3 is 2. The first-order chi connectivity index (χ1) is 19.5. The molecule has 0 bridgehead atoms. The van der Waals surface area contributed by atoms with Gasteiger partial charge in [-0.3, -0.25) is 9.78 Å². The normalized spacial score (nSPS) is 11.9. The molecule has 1 atom stereocenters. The number of carbonyl (C=O) groups is 1. The number of fused-ring (bicyclic) bond motifs is 1. The van der Waals surface area contributed by atoms with E-state index < -0.39 is 6.10 Å². The number of nitrogens with zero attached hydrogens (tertiary/aromatic N) is 1. The number of ether oxygens (including phenoxy) is 3. The van der Waals surface area contributed by atoms with Crippen LogP contribution in [0.1, 0.15) is 15.9 Å². The number of hydrogen-bond donors (Lipinski definition) is 3. The second-order valence-electron chi connectivity index (χ2n) is 8.95. The highest BCUT2D eigenvalue weighted by atomic mass is 35.5. The molecule has 0 saturated carbocycles. The number of allylic oxidation sites excluding steroid dienone is 1. The predicted octanol–water partition coefficient (Wildman–Crippen LogP) is 5.24. The van der Waals surface area contributed by atoms with Crippen LogP contribution in [0.25, 0.3) is 17.0 Å². The van der Waals surface area contributed by atoms with Crippen molar-refractivity contribution < 1.29 is 24.1 Å². The van der Waals surface area contributed by atoms with E-state index in [1.165, 1.54) is 6.08 Å². The minimum Gasteiger partial charge on any atom is -0.493 e. The lowest BCUT2D eigenvalue weighted by Gasteiger charge is -2.14. The smallest absolute Gasteiger partial charge is 0.185 e. The molecule has 1 unspecified atom stereocenters. The van der Waals surface area contributed by atoms with Crippen LogP contribution in [0, 0.1) is 0 Å². The molecule has 0 aliphatic rings. The maximum Gasteiger partial charge on any atom is 0.185 e. The molecule has 0 saturated heterocycles. The maximum absolute atomic E-state index is 12.6. The van der Waals surface area contributed by atoms with E-state index in [0.29, 0.717) is 47.5 Å². The van der Waals surface area contributed by atoms with E-state index in [1.807, 2.05) is 30.3 Å². The predicted molar refractivity (Wildman–Crippen MR) is 159 cm³/mol. The molecule has 0 amide bonds. The van der Waals surface area contributed by atoms with Gasteiger partial charge in [-0.15, -0.1) is 0 Å². The zero-order valence-corrected chi connectivity index (χ0v) is 23.1. The number of halogens is 1. The molecule has 3 N–H and O–H groups in total. The number of carbonyl (C=O) groups excluding carboxylic acids is 1. The quantitative estimate of drug-likeness (QED) is 0.109. The van der Waals surface area contributed by atoms with Gasteiger partial charge in [-0.05, 0) is 72.3 Å². The molecule has 0 aliphatic heterocycles. The third-order valence-electron chi connectivity index (χ3n) is 6.12. The third-order valence-corrected chi connectivity index (χ3v) is 6.35. The Morgan fingerprint density at radius 2 is 1.80 bits per heavy atom. The molecule has 0 radical (unpaired) electrons. The van der Waals surface area contributed by atoms with Crippen molar-refractivity contribution in [1.29, 1.82) is 0 Å². The number of ketones is 1. The van der Waals surface area contributed by atoms with E-state index >= 15 is 0 Å². The topological polar surface area (TPSA) is 102 Å². The Balaban J connectivity index is 1.17. The van der Waals surface area contributed by atoms with E-state index in [2.05, 4.69) is 15.6 Å². The van der Waals surface area contributed by atoms with Gasteiger partial charge in [0.15, 0.2) is 17.3 Å². The fourth-order valence-corrected chi connectivity index (χ4v) is 4.19. The summed E-state index contributed by atoms with van der Waals surface area (Å²) in [6, 6.07) is 19.8. The lowest BCUT2D eigenvalue weighted by Crippen LogP contribution is -2.34. The number of nitrogens with one attached hydrogen (secondary N) is 2. The zero-order valence-electron chi connectivity index (χ0n) is 22.4. The van der Waals surface area contributed by atoms with Gasteiger partial charge in [0.05, 0.1) is 19.7 Å². The van der Waals surface area contributed by atoms with Gasteiger partial charge < -0.3 is 30.0 Å². The molecule has 0 spiro atoms. The summed E-state index contributed by atoms with van der Waals surface area (Å²) >= 11 is 6.05. The highest BCUT2D eigenvalue weighted by Gasteiger charge is 2.08. The van der Waals surface area contributed by atoms with Crippen molar-refractivity contribution >= 4 is 40.1 Å². The summed E-state index contributed by atoms with van der Waals surface area (Å²) in [5.74, 6) is 1.66. The first-order valence-corrected chi connectivity index (χ1v) is 13.2. The van der Waals surface area contributed by atoms with E-state index in [-0.39, 0.29) is 12.4 Å². The molecule has 40 heavy (non-hydrogen) atoms. The maximum atomic E-state index is 12.6. The van der Waals surface area contributed by atoms with Gasteiger partial charge in [0, 0.05) is 47.5 Å². The van der Waals surface area contributed by atoms with Crippen LogP contribution >= 0.6 is 11.6 Å². The number of benzene rings is 3. The summed E-state index contributed by atoms with van der Waals surface area (Å²) in [5.41, 5.74) is 3.16. The zero-order chi connectivity index (χ0) is 28.3. The van der Waals surface area contributed by atoms with Crippen molar-refractivity contribution in [3.8, 4) is 17.2 Å². The SMILES string of the molecule is COc1ccc(/C=C/C(=O)c2ccc(OCC(O)CNCCNc3ccnc4cc(Cl)ccc34)cc2)cc1OC. The van der Waals surface area contributed by atoms with Crippen LogP contribution in [-0.4, -0.2) is 62.4 Å². The molecular weight excluding hydrogens is 530 g/mol. The number of aliphatic hydroxyl groups excluding tert-OH is 1. The van der Waals surface area contributed by atoms with Gasteiger partial charge in [0.25, 0.3) is 0 Å². The van der Waals surface area contributed by atoms with Crippen molar-refractivity contribution in [3.05, 3.63) is 95.2 Å². The molecule has 4 aromatic rings. The van der Waals surface area contributed by atoms with E-state index in [1.54, 1.807) is 62.9 Å². The molecule has 3 aromatic carbocycles. The monoisotopic (exact) mass is 561 g/mol. The van der Waals surface area contributed by atoms with Crippen LogP contribution in [0.3, 0.4) is 0 Å². The van der Waals surface area contributed by atoms with E-state index in [4.69, 9.17) is 25.8 Å². The lowest BCUT2D eigenvalue weighted by atomic mass is 10.1. The largest absolute Gasteiger partial charge is 0.493 e. The summed E-state index contributed by atoms with van der Waals surface area (Å²) in [6.45, 7) is 1.84. The molecule has 208 valence electrons. The Bertz CT molecular complexity index is 1460. The van der Waals surface area contributed by atoms with Gasteiger partial charge in [-0.2, -0.15) is 0 Å². The van der Waals surface area contributed by atoms with E-state index in [9.17, 15) is 9.90 Å². The first kappa shape index (κ1) is 28.9. The molecule has 0 fully saturated rings. The van der Waals surface area contributed by atoms with Crippen LogP contribution < -0.4 is 24.8 Å². The van der Waals surface area contributed by atoms with Crippen molar-refractivity contribution in [1.82, 2.24) is 10.3 Å². The molecule has 1 aromatic heterocycles. The average Bonchev–Trinajstić information content (AvgIpc) is 2.98. The standard InChI is InChI=1S/C31H32ClN3O5/c1-38-30-12-4-21(17-31(30)39-2)3-11-29(37)22-5-8-25(9-6-22)40-20-24(36)19-33-15-16-35-27-13-14-34-28-18-23(32)7-10-26(27)28/h3-14,17-18,24,33,36H,15-16,19-20H2,1-2H3,(H,34,35)/b11-3+. The number of hydrogen-bond acceptors (Lipinski definition) is 8. The van der Waals surface area contributed by atoms with Gasteiger partial charge in [0.1, 0.15) is 18.5 Å². The van der Waals surface area contributed by atoms with Gasteiger partial charge in [0.2, 0.25) is 0 Å². The van der Waals surface area contributed by atoms with Crippen LogP contribution in [0.4, 0.5) is 5.69 Å². The van der Waals surface area contributed by atoms with E-state index in [0.717, 1.165) is 22.2 Å². The minimum absolute atomic E-state index is 0.128. The number of rotatable bonds is 14. The second kappa shape index (κ2) is 14.3. The Morgan fingerprint density at radius 3 is 2.58 bits per heavy atom. The molecule has 1 heterocycles. The molecular formula is C31H32ClN3O5. The number of anilines is 1. The average molecular weight is 562 g/mol. The van der Waals surface area contributed by atoms with Gasteiger partial charge in [-0.25, -0.2) is 0 Å². The summed E-state index contributed by atoms with van der Waals surface area (Å²) < 4.78 is 16.2. The Hall–Kier alpha value is -4.11. The molecule has 9 heteroatoms. The highest BCUT2D eigenvalue weighted by molar-refractivity contribution is 6.31.